The zero-order valence-electron chi connectivity index (χ0n) is 38.4. The molecule has 0 bridgehead atoms. The van der Waals surface area contributed by atoms with Crippen molar-refractivity contribution < 1.29 is 60.0 Å². The minimum absolute atomic E-state index is 0.00266. The first-order valence-corrected chi connectivity index (χ1v) is 22.9. The van der Waals surface area contributed by atoms with Crippen LogP contribution in [0.2, 0.25) is 0 Å². The molecule has 4 aromatic carbocycles. The van der Waals surface area contributed by atoms with E-state index in [9.17, 15) is 41.0 Å². The monoisotopic (exact) mass is 954 g/mol. The molecule has 11 nitrogen and oxygen atoms in total. The van der Waals surface area contributed by atoms with Crippen LogP contribution in [0.15, 0.2) is 97.6 Å². The Hall–Kier alpha value is -5.78. The molecule has 3 atom stereocenters. The SMILES string of the molecule is C=CCC(C(=O)Nc1ccc(OC)c(OCCN2CCCCC2)c1)c1cccc(C(F)(F)F)c1.COc1ccc(N2C(=O)C(c3cccc(C(F)(F)F)c3)CC2O)cc1OCCN1CCCCC1. The molecular formula is C51H60F6N4O7. The van der Waals surface area contributed by atoms with Gasteiger partial charge in [-0.1, -0.05) is 55.3 Å². The smallest absolute Gasteiger partial charge is 0.416 e. The summed E-state index contributed by atoms with van der Waals surface area (Å²) in [5, 5.41) is 13.4. The minimum Gasteiger partial charge on any atom is -0.493 e. The maximum atomic E-state index is 13.2. The number of alkyl halides is 6. The summed E-state index contributed by atoms with van der Waals surface area (Å²) in [6.45, 7) is 10.4. The fourth-order valence-corrected chi connectivity index (χ4v) is 8.69. The van der Waals surface area contributed by atoms with Gasteiger partial charge in [-0.3, -0.25) is 24.3 Å². The molecule has 3 heterocycles. The zero-order valence-corrected chi connectivity index (χ0v) is 38.4. The highest BCUT2D eigenvalue weighted by atomic mass is 19.4. The number of anilines is 2. The number of hydrogen-bond acceptors (Lipinski definition) is 9. The van der Waals surface area contributed by atoms with Crippen LogP contribution in [0.25, 0.3) is 0 Å². The van der Waals surface area contributed by atoms with Gasteiger partial charge in [0.25, 0.3) is 0 Å². The molecule has 17 heteroatoms. The molecule has 0 saturated carbocycles. The van der Waals surface area contributed by atoms with Crippen molar-refractivity contribution in [1.82, 2.24) is 9.80 Å². The fraction of sp³-hybridized carbons (Fsp3) is 0.451. The third kappa shape index (κ3) is 13.9. The lowest BCUT2D eigenvalue weighted by atomic mass is 9.93. The van der Waals surface area contributed by atoms with Gasteiger partial charge in [-0.2, -0.15) is 26.3 Å². The van der Waals surface area contributed by atoms with E-state index >= 15 is 0 Å². The number of carbonyl (C=O) groups is 2. The first-order chi connectivity index (χ1) is 32.6. The third-order valence-electron chi connectivity index (χ3n) is 12.3. The summed E-state index contributed by atoms with van der Waals surface area (Å²) < 4.78 is 102. The standard InChI is InChI=1S/C26H31F3N2O3.C25H29F3N2O4/c1-3-8-22(19-9-7-10-20(17-19)26(27,28)29)25(32)30-21-11-12-23(33-2)24(18-21)34-16-15-31-13-5-4-6-14-31;1-33-21-9-8-19(15-22(21)34-13-12-29-10-3-2-4-11-29)30-23(31)16-20(24(30)32)17-6-5-7-18(14-17)25(26,27)28/h3,7,9-12,17-18,22H,1,4-6,8,13-16H2,2H3,(H,30,32);5-9,14-15,20,23,31H,2-4,10-13,16H2,1H3. The van der Waals surface area contributed by atoms with Crippen LogP contribution >= 0.6 is 0 Å². The highest BCUT2D eigenvalue weighted by Crippen LogP contribution is 2.41. The summed E-state index contributed by atoms with van der Waals surface area (Å²) in [5.74, 6) is -0.598. The van der Waals surface area contributed by atoms with Crippen LogP contribution in [0.5, 0.6) is 23.0 Å². The number of aliphatic hydroxyl groups is 1. The number of carbonyl (C=O) groups excluding carboxylic acids is 2. The molecule has 3 fully saturated rings. The molecule has 7 rings (SSSR count). The van der Waals surface area contributed by atoms with Gasteiger partial charge in [0.1, 0.15) is 19.4 Å². The Balaban J connectivity index is 0.000000224. The lowest BCUT2D eigenvalue weighted by Gasteiger charge is -2.26. The van der Waals surface area contributed by atoms with Crippen LogP contribution in [-0.4, -0.2) is 99.7 Å². The molecule has 368 valence electrons. The van der Waals surface area contributed by atoms with Gasteiger partial charge in [-0.25, -0.2) is 0 Å². The molecule has 0 aliphatic carbocycles. The minimum atomic E-state index is -4.51. The number of methoxy groups -OCH3 is 2. The van der Waals surface area contributed by atoms with Crippen molar-refractivity contribution in [2.45, 2.75) is 81.8 Å². The number of rotatable bonds is 17. The molecule has 0 aromatic heterocycles. The second kappa shape index (κ2) is 24.0. The van der Waals surface area contributed by atoms with Crippen LogP contribution < -0.4 is 29.2 Å². The Labute approximate surface area is 393 Å². The van der Waals surface area contributed by atoms with E-state index in [4.69, 9.17) is 18.9 Å². The molecule has 3 unspecified atom stereocenters. The summed E-state index contributed by atoms with van der Waals surface area (Å²) in [6.07, 6.45) is -1.17. The van der Waals surface area contributed by atoms with E-state index in [0.29, 0.717) is 47.6 Å². The van der Waals surface area contributed by atoms with Crippen molar-refractivity contribution >= 4 is 23.2 Å². The van der Waals surface area contributed by atoms with E-state index in [1.165, 1.54) is 80.9 Å². The highest BCUT2D eigenvalue weighted by Gasteiger charge is 2.42. The van der Waals surface area contributed by atoms with Crippen molar-refractivity contribution in [3.8, 4) is 23.0 Å². The van der Waals surface area contributed by atoms with E-state index in [1.54, 1.807) is 43.5 Å². The van der Waals surface area contributed by atoms with Crippen molar-refractivity contribution in [1.29, 1.82) is 0 Å². The van der Waals surface area contributed by atoms with Crippen LogP contribution in [0.1, 0.15) is 85.5 Å². The molecule has 3 saturated heterocycles. The molecule has 4 aromatic rings. The number of likely N-dealkylation sites (tertiary alicyclic amines) is 2. The van der Waals surface area contributed by atoms with E-state index in [-0.39, 0.29) is 24.0 Å². The Morgan fingerprint density at radius 3 is 1.84 bits per heavy atom. The maximum Gasteiger partial charge on any atom is 0.416 e. The molecule has 68 heavy (non-hydrogen) atoms. The molecule has 3 aliphatic rings. The van der Waals surface area contributed by atoms with Crippen LogP contribution in [-0.2, 0) is 21.9 Å². The Kier molecular flexibility index (Phi) is 18.2. The fourth-order valence-electron chi connectivity index (χ4n) is 8.69. The van der Waals surface area contributed by atoms with Gasteiger partial charge in [0.15, 0.2) is 23.0 Å². The number of benzene rings is 4. The number of hydrogen-bond donors (Lipinski definition) is 2. The van der Waals surface area contributed by atoms with E-state index in [1.807, 2.05) is 0 Å². The van der Waals surface area contributed by atoms with Gasteiger partial charge < -0.3 is 29.4 Å². The lowest BCUT2D eigenvalue weighted by Crippen LogP contribution is -2.34. The summed E-state index contributed by atoms with van der Waals surface area (Å²) in [6, 6.07) is 19.5. The lowest BCUT2D eigenvalue weighted by molar-refractivity contribution is -0.138. The average molecular weight is 955 g/mol. The number of ether oxygens (including phenoxy) is 4. The number of aliphatic hydroxyl groups excluding tert-OH is 1. The van der Waals surface area contributed by atoms with E-state index < -0.39 is 53.4 Å². The van der Waals surface area contributed by atoms with Crippen LogP contribution in [0.3, 0.4) is 0 Å². The van der Waals surface area contributed by atoms with Crippen molar-refractivity contribution in [3.63, 3.8) is 0 Å². The molecule has 3 aliphatic heterocycles. The highest BCUT2D eigenvalue weighted by molar-refractivity contribution is 6.01. The maximum absolute atomic E-state index is 13.2. The first-order valence-electron chi connectivity index (χ1n) is 22.9. The number of nitrogens with one attached hydrogen (secondary N) is 1. The van der Waals surface area contributed by atoms with Crippen molar-refractivity contribution in [2.75, 3.05) is 76.9 Å². The Morgan fingerprint density at radius 1 is 0.735 bits per heavy atom. The number of nitrogens with zero attached hydrogens (tertiary/aromatic N) is 3. The summed E-state index contributed by atoms with van der Waals surface area (Å²) in [7, 11) is 3.06. The quantitative estimate of drug-likeness (QED) is 0.0789. The normalized spacial score (nSPS) is 18.5. The molecular weight excluding hydrogens is 895 g/mol. The second-order valence-electron chi connectivity index (χ2n) is 17.0. The topological polar surface area (TPSA) is 113 Å². The largest absolute Gasteiger partial charge is 0.493 e. The Bertz CT molecular complexity index is 2300. The molecule has 2 amide bonds. The van der Waals surface area contributed by atoms with Gasteiger partial charge in [0.05, 0.1) is 42.9 Å². The van der Waals surface area contributed by atoms with E-state index in [2.05, 4.69) is 21.7 Å². The first kappa shape index (κ1) is 51.6. The van der Waals surface area contributed by atoms with Crippen LogP contribution in [0.4, 0.5) is 37.7 Å². The van der Waals surface area contributed by atoms with Gasteiger partial charge >= 0.3 is 12.4 Å². The number of piperidine rings is 2. The Morgan fingerprint density at radius 2 is 1.28 bits per heavy atom. The number of halogens is 6. The van der Waals surface area contributed by atoms with Gasteiger partial charge in [-0.05, 0) is 106 Å². The zero-order chi connectivity index (χ0) is 48.8. The summed E-state index contributed by atoms with van der Waals surface area (Å²) in [5.41, 5.74) is -0.229. The molecule has 0 radical (unpaired) electrons. The molecule has 0 spiro atoms. The third-order valence-corrected chi connectivity index (χ3v) is 12.3. The van der Waals surface area contributed by atoms with Gasteiger partial charge in [0.2, 0.25) is 11.8 Å². The summed E-state index contributed by atoms with van der Waals surface area (Å²) in [4.78, 5) is 32.1. The van der Waals surface area contributed by atoms with Gasteiger partial charge in [0, 0.05) is 37.3 Å². The predicted octanol–water partition coefficient (Wildman–Crippen LogP) is 10.3. The summed E-state index contributed by atoms with van der Waals surface area (Å²) >= 11 is 0. The van der Waals surface area contributed by atoms with Crippen LogP contribution in [0, 0.1) is 0 Å². The van der Waals surface area contributed by atoms with E-state index in [0.717, 1.165) is 63.5 Å². The number of amides is 2. The van der Waals surface area contributed by atoms with Crippen molar-refractivity contribution in [3.05, 3.63) is 120 Å². The average Bonchev–Trinajstić information content (AvgIpc) is 3.63. The van der Waals surface area contributed by atoms with Gasteiger partial charge in [-0.15, -0.1) is 6.58 Å². The predicted molar refractivity (Wildman–Crippen MR) is 247 cm³/mol. The number of allylic oxidation sites excluding steroid dienone is 1. The van der Waals surface area contributed by atoms with Crippen molar-refractivity contribution in [2.24, 2.45) is 0 Å². The molecule has 2 N–H and O–H groups in total. The second-order valence-corrected chi connectivity index (χ2v) is 17.0.